The summed E-state index contributed by atoms with van der Waals surface area (Å²) in [5.74, 6) is -1.21. The van der Waals surface area contributed by atoms with Crippen molar-refractivity contribution >= 4 is 35.1 Å². The zero-order valence-electron chi connectivity index (χ0n) is 15.3. The van der Waals surface area contributed by atoms with Gasteiger partial charge in [-0.3, -0.25) is 4.79 Å². The van der Waals surface area contributed by atoms with Gasteiger partial charge in [-0.15, -0.1) is 0 Å². The number of rotatable bonds is 6. The molecular weight excluding hydrogens is 364 g/mol. The Morgan fingerprint density at radius 1 is 1.11 bits per heavy atom. The Morgan fingerprint density at radius 2 is 1.70 bits per heavy atom. The smallest absolute Gasteiger partial charge is 0.349 e. The van der Waals surface area contributed by atoms with Crippen molar-refractivity contribution in [3.8, 4) is 6.07 Å². The number of Topliss-reactive ketones (excluding diaryl/α,β-unsaturated/α-hetero) is 1. The zero-order valence-corrected chi connectivity index (χ0v) is 16.0. The minimum absolute atomic E-state index is 0.177. The average Bonchev–Trinajstić information content (AvgIpc) is 2.66. The van der Waals surface area contributed by atoms with Crippen LogP contribution in [0.5, 0.6) is 0 Å². The van der Waals surface area contributed by atoms with Crippen LogP contribution in [0.1, 0.15) is 22.8 Å². The van der Waals surface area contributed by atoms with Gasteiger partial charge in [-0.1, -0.05) is 23.7 Å². The fourth-order valence-electron chi connectivity index (χ4n) is 2.30. The maximum Gasteiger partial charge on any atom is 0.349 e. The van der Waals surface area contributed by atoms with Gasteiger partial charge in [-0.05, 0) is 55.0 Å². The Morgan fingerprint density at radius 3 is 2.22 bits per heavy atom. The number of hydrogen-bond donors (Lipinski definition) is 0. The second-order valence-corrected chi connectivity index (χ2v) is 6.51. The second-order valence-electron chi connectivity index (χ2n) is 6.07. The van der Waals surface area contributed by atoms with Crippen LogP contribution in [0.25, 0.3) is 6.08 Å². The van der Waals surface area contributed by atoms with Crippen LogP contribution in [-0.4, -0.2) is 32.0 Å². The first-order valence-electron chi connectivity index (χ1n) is 8.21. The lowest BCUT2D eigenvalue weighted by atomic mass is 10.1. The van der Waals surface area contributed by atoms with Gasteiger partial charge in [0, 0.05) is 30.4 Å². The molecule has 1 atom stereocenters. The molecule has 0 N–H and O–H groups in total. The normalized spacial score (nSPS) is 12.0. The van der Waals surface area contributed by atoms with Crippen LogP contribution in [0.2, 0.25) is 5.02 Å². The number of carbonyl (C=O) groups is 2. The van der Waals surface area contributed by atoms with Crippen LogP contribution in [0.3, 0.4) is 0 Å². The average molecular weight is 383 g/mol. The van der Waals surface area contributed by atoms with Crippen molar-refractivity contribution in [1.82, 2.24) is 0 Å². The fraction of sp³-hybridized carbons (Fsp3) is 0.190. The van der Waals surface area contributed by atoms with Gasteiger partial charge in [0.2, 0.25) is 5.78 Å². The molecule has 2 aromatic rings. The monoisotopic (exact) mass is 382 g/mol. The molecule has 0 saturated carbocycles. The summed E-state index contributed by atoms with van der Waals surface area (Å²) in [6.45, 7) is 1.47. The number of carbonyl (C=O) groups excluding carboxylic acids is 2. The van der Waals surface area contributed by atoms with E-state index in [4.69, 9.17) is 16.3 Å². The lowest BCUT2D eigenvalue weighted by molar-refractivity contribution is -0.141. The summed E-state index contributed by atoms with van der Waals surface area (Å²) in [6.07, 6.45) is 0.410. The molecule has 2 aromatic carbocycles. The van der Waals surface area contributed by atoms with Crippen molar-refractivity contribution in [2.24, 2.45) is 0 Å². The van der Waals surface area contributed by atoms with E-state index in [0.29, 0.717) is 16.1 Å². The molecular formula is C21H19ClN2O3. The summed E-state index contributed by atoms with van der Waals surface area (Å²) in [7, 11) is 3.84. The van der Waals surface area contributed by atoms with Gasteiger partial charge in [-0.25, -0.2) is 4.79 Å². The molecule has 0 radical (unpaired) electrons. The van der Waals surface area contributed by atoms with Gasteiger partial charge < -0.3 is 9.64 Å². The van der Waals surface area contributed by atoms with Gasteiger partial charge in [-0.2, -0.15) is 5.26 Å². The maximum atomic E-state index is 12.3. The summed E-state index contributed by atoms with van der Waals surface area (Å²) in [5, 5.41) is 9.78. The number of ketones is 1. The van der Waals surface area contributed by atoms with E-state index in [2.05, 4.69) is 0 Å². The first kappa shape index (κ1) is 20.2. The van der Waals surface area contributed by atoms with Gasteiger partial charge in [0.1, 0.15) is 11.6 Å². The Bertz CT molecular complexity index is 895. The van der Waals surface area contributed by atoms with Crippen molar-refractivity contribution in [1.29, 1.82) is 5.26 Å². The molecule has 0 fully saturated rings. The number of ether oxygens (including phenoxy) is 1. The first-order chi connectivity index (χ1) is 12.8. The first-order valence-corrected chi connectivity index (χ1v) is 8.59. The molecule has 6 heteroatoms. The van der Waals surface area contributed by atoms with Crippen LogP contribution in [0, 0.1) is 11.3 Å². The molecule has 0 amide bonds. The Labute approximate surface area is 163 Å². The molecule has 0 heterocycles. The quantitative estimate of drug-likeness (QED) is 0.325. The number of nitrogens with zero attached hydrogens (tertiary/aromatic N) is 2. The van der Waals surface area contributed by atoms with E-state index in [-0.39, 0.29) is 11.4 Å². The van der Waals surface area contributed by atoms with E-state index < -0.39 is 12.1 Å². The molecule has 0 aliphatic carbocycles. The number of halogens is 1. The highest BCUT2D eigenvalue weighted by molar-refractivity contribution is 6.30. The van der Waals surface area contributed by atoms with Crippen LogP contribution >= 0.6 is 11.6 Å². The molecule has 0 aliphatic rings. The lowest BCUT2D eigenvalue weighted by Crippen LogP contribution is -2.25. The molecule has 0 bridgehead atoms. The second kappa shape index (κ2) is 9.02. The van der Waals surface area contributed by atoms with Crippen LogP contribution < -0.4 is 4.90 Å². The SMILES string of the molecule is CC(OC(=O)/C(C#N)=C/c1ccc(N(C)C)cc1)C(=O)c1ccc(Cl)cc1. The third-order valence-electron chi connectivity index (χ3n) is 3.84. The molecule has 0 spiro atoms. The van der Waals surface area contributed by atoms with Crippen molar-refractivity contribution in [2.75, 3.05) is 19.0 Å². The predicted molar refractivity (Wildman–Crippen MR) is 106 cm³/mol. The molecule has 0 saturated heterocycles. The van der Waals surface area contributed by atoms with Gasteiger partial charge in [0.25, 0.3) is 0 Å². The van der Waals surface area contributed by atoms with E-state index in [1.54, 1.807) is 36.4 Å². The van der Waals surface area contributed by atoms with Crippen molar-refractivity contribution in [3.05, 3.63) is 70.3 Å². The Hall–Kier alpha value is -3.10. The summed E-state index contributed by atoms with van der Waals surface area (Å²) < 4.78 is 5.16. The number of anilines is 1. The van der Waals surface area contributed by atoms with E-state index in [1.165, 1.54) is 13.0 Å². The topological polar surface area (TPSA) is 70.4 Å². The van der Waals surface area contributed by atoms with Crippen LogP contribution in [0.4, 0.5) is 5.69 Å². The van der Waals surface area contributed by atoms with Gasteiger partial charge in [0.05, 0.1) is 0 Å². The van der Waals surface area contributed by atoms with Crippen molar-refractivity contribution < 1.29 is 14.3 Å². The molecule has 5 nitrogen and oxygen atoms in total. The number of hydrogen-bond acceptors (Lipinski definition) is 5. The molecule has 1 unspecified atom stereocenters. The molecule has 0 aliphatic heterocycles. The van der Waals surface area contributed by atoms with E-state index >= 15 is 0 Å². The number of nitriles is 1. The Balaban J connectivity index is 2.10. The van der Waals surface area contributed by atoms with Crippen molar-refractivity contribution in [3.63, 3.8) is 0 Å². The third-order valence-corrected chi connectivity index (χ3v) is 4.09. The Kier molecular flexibility index (Phi) is 6.75. The zero-order chi connectivity index (χ0) is 20.0. The summed E-state index contributed by atoms with van der Waals surface area (Å²) >= 11 is 5.80. The summed E-state index contributed by atoms with van der Waals surface area (Å²) in [4.78, 5) is 26.5. The maximum absolute atomic E-state index is 12.3. The lowest BCUT2D eigenvalue weighted by Gasteiger charge is -2.13. The summed E-state index contributed by atoms with van der Waals surface area (Å²) in [5.41, 5.74) is 1.88. The number of benzene rings is 2. The van der Waals surface area contributed by atoms with E-state index in [9.17, 15) is 14.9 Å². The standard InChI is InChI=1S/C21H19ClN2O3/c1-14(20(25)16-6-8-18(22)9-7-16)27-21(26)17(13-23)12-15-4-10-19(11-5-15)24(2)3/h4-12,14H,1-3H3/b17-12+. The third kappa shape index (κ3) is 5.44. The highest BCUT2D eigenvalue weighted by atomic mass is 35.5. The van der Waals surface area contributed by atoms with Crippen LogP contribution in [-0.2, 0) is 9.53 Å². The van der Waals surface area contributed by atoms with Gasteiger partial charge in [0.15, 0.2) is 6.10 Å². The van der Waals surface area contributed by atoms with E-state index in [0.717, 1.165) is 5.69 Å². The fourth-order valence-corrected chi connectivity index (χ4v) is 2.42. The predicted octanol–water partition coefficient (Wildman–Crippen LogP) is 4.13. The van der Waals surface area contributed by atoms with Crippen molar-refractivity contribution in [2.45, 2.75) is 13.0 Å². The minimum atomic E-state index is -1.02. The highest BCUT2D eigenvalue weighted by Gasteiger charge is 2.21. The largest absolute Gasteiger partial charge is 0.450 e. The summed E-state index contributed by atoms with van der Waals surface area (Å²) in [6, 6.07) is 15.4. The molecule has 138 valence electrons. The molecule has 0 aromatic heterocycles. The highest BCUT2D eigenvalue weighted by Crippen LogP contribution is 2.16. The van der Waals surface area contributed by atoms with Crippen LogP contribution in [0.15, 0.2) is 54.1 Å². The minimum Gasteiger partial charge on any atom is -0.450 e. The number of esters is 1. The molecule has 2 rings (SSSR count). The molecule has 27 heavy (non-hydrogen) atoms. The van der Waals surface area contributed by atoms with Gasteiger partial charge >= 0.3 is 5.97 Å². The van der Waals surface area contributed by atoms with E-state index in [1.807, 2.05) is 37.2 Å².